The van der Waals surface area contributed by atoms with Crippen LogP contribution in [0.4, 0.5) is 0 Å². The summed E-state index contributed by atoms with van der Waals surface area (Å²) in [7, 11) is 0. The van der Waals surface area contributed by atoms with Crippen molar-refractivity contribution in [2.45, 2.75) is 18.7 Å². The van der Waals surface area contributed by atoms with Gasteiger partial charge in [0.1, 0.15) is 0 Å². The van der Waals surface area contributed by atoms with Gasteiger partial charge in [0.05, 0.1) is 6.61 Å². The Morgan fingerprint density at radius 1 is 1.44 bits per heavy atom. The number of benzene rings is 1. The highest BCUT2D eigenvalue weighted by Gasteiger charge is 2.16. The van der Waals surface area contributed by atoms with E-state index in [0.717, 1.165) is 17.3 Å². The van der Waals surface area contributed by atoms with Crippen molar-refractivity contribution < 1.29 is 14.3 Å². The van der Waals surface area contributed by atoms with E-state index in [0.29, 0.717) is 9.92 Å². The lowest BCUT2D eigenvalue weighted by Crippen LogP contribution is -2.13. The van der Waals surface area contributed by atoms with E-state index in [9.17, 15) is 9.59 Å². The lowest BCUT2D eigenvalue weighted by atomic mass is 10.2. The Morgan fingerprint density at radius 3 is 2.69 bits per heavy atom. The molecule has 0 aliphatic carbocycles. The molecule has 0 N–H and O–H groups in total. The van der Waals surface area contributed by atoms with Gasteiger partial charge in [0.25, 0.3) is 0 Å². The number of rotatable bonds is 2. The Bertz CT molecular complexity index is 418. The zero-order valence-corrected chi connectivity index (χ0v) is 10.5. The normalized spacial score (nSPS) is 9.94. The molecule has 0 aliphatic rings. The van der Waals surface area contributed by atoms with Gasteiger partial charge in [-0.25, -0.2) is 4.79 Å². The molecule has 1 rings (SSSR count). The molecule has 0 saturated heterocycles. The van der Waals surface area contributed by atoms with Crippen molar-refractivity contribution in [2.75, 3.05) is 6.61 Å². The highest BCUT2D eigenvalue weighted by atomic mass is 35.5. The molecule has 0 atom stereocenters. The summed E-state index contributed by atoms with van der Waals surface area (Å²) < 4.78 is 4.59. The Labute approximate surface area is 103 Å². The van der Waals surface area contributed by atoms with Gasteiger partial charge in [-0.3, -0.25) is 4.79 Å². The predicted octanol–water partition coefficient (Wildman–Crippen LogP) is 2.83. The number of carbonyl (C=O) groups excluding carboxylic acids is 2. The van der Waals surface area contributed by atoms with E-state index in [-0.39, 0.29) is 6.61 Å². The maximum atomic E-state index is 11.3. The average molecular weight is 259 g/mol. The van der Waals surface area contributed by atoms with E-state index >= 15 is 0 Å². The molecular formula is C11H11ClO3S. The number of hydrogen-bond acceptors (Lipinski definition) is 4. The van der Waals surface area contributed by atoms with Gasteiger partial charge >= 0.3 is 11.1 Å². The maximum Gasteiger partial charge on any atom is 0.386 e. The Hall–Kier alpha value is -1.00. The molecule has 0 saturated carbocycles. The van der Waals surface area contributed by atoms with Crippen LogP contribution in [0.15, 0.2) is 23.1 Å². The fraction of sp³-hybridized carbons (Fsp3) is 0.273. The molecule has 0 bridgehead atoms. The lowest BCUT2D eigenvalue weighted by molar-refractivity contribution is -0.149. The van der Waals surface area contributed by atoms with Gasteiger partial charge in [0, 0.05) is 9.92 Å². The number of aryl methyl sites for hydroxylation is 1. The smallest absolute Gasteiger partial charge is 0.386 e. The molecular weight excluding hydrogens is 248 g/mol. The van der Waals surface area contributed by atoms with Gasteiger partial charge in [0.2, 0.25) is 0 Å². The van der Waals surface area contributed by atoms with Crippen LogP contribution in [0.5, 0.6) is 0 Å². The third-order valence-corrected chi connectivity index (χ3v) is 3.04. The predicted molar refractivity (Wildman–Crippen MR) is 63.7 cm³/mol. The summed E-state index contributed by atoms with van der Waals surface area (Å²) in [5.41, 5.74) is 0.926. The van der Waals surface area contributed by atoms with Crippen LogP contribution in [0, 0.1) is 6.92 Å². The third-order valence-electron chi connectivity index (χ3n) is 1.80. The Morgan fingerprint density at radius 2 is 2.12 bits per heavy atom. The van der Waals surface area contributed by atoms with E-state index in [1.165, 1.54) is 0 Å². The van der Waals surface area contributed by atoms with Crippen molar-refractivity contribution in [1.29, 1.82) is 0 Å². The molecule has 0 fully saturated rings. The highest BCUT2D eigenvalue weighted by molar-refractivity contribution is 8.15. The molecule has 16 heavy (non-hydrogen) atoms. The molecule has 0 amide bonds. The van der Waals surface area contributed by atoms with E-state index in [1.54, 1.807) is 25.1 Å². The van der Waals surface area contributed by atoms with E-state index in [1.807, 2.05) is 6.92 Å². The van der Waals surface area contributed by atoms with Crippen LogP contribution < -0.4 is 0 Å². The van der Waals surface area contributed by atoms with Crippen LogP contribution in [-0.4, -0.2) is 17.7 Å². The van der Waals surface area contributed by atoms with Crippen molar-refractivity contribution in [3.63, 3.8) is 0 Å². The number of ether oxygens (including phenoxy) is 1. The fourth-order valence-corrected chi connectivity index (χ4v) is 1.89. The quantitative estimate of drug-likeness (QED) is 0.465. The second kappa shape index (κ2) is 5.92. The van der Waals surface area contributed by atoms with Crippen LogP contribution in [0.2, 0.25) is 5.02 Å². The average Bonchev–Trinajstić information content (AvgIpc) is 2.24. The van der Waals surface area contributed by atoms with Gasteiger partial charge < -0.3 is 4.74 Å². The summed E-state index contributed by atoms with van der Waals surface area (Å²) in [5.74, 6) is -0.829. The molecule has 0 aromatic heterocycles. The van der Waals surface area contributed by atoms with Crippen molar-refractivity contribution >= 4 is 34.4 Å². The van der Waals surface area contributed by atoms with Crippen molar-refractivity contribution in [1.82, 2.24) is 0 Å². The van der Waals surface area contributed by atoms with Gasteiger partial charge in [0.15, 0.2) is 0 Å². The molecule has 3 nitrogen and oxygen atoms in total. The first-order valence-corrected chi connectivity index (χ1v) is 5.89. The molecule has 5 heteroatoms. The number of hydrogen-bond donors (Lipinski definition) is 0. The van der Waals surface area contributed by atoms with Crippen molar-refractivity contribution in [2.24, 2.45) is 0 Å². The number of carbonyl (C=O) groups is 2. The standard InChI is InChI=1S/C11H11ClO3S/c1-3-15-10(13)11(14)16-8-5-4-7(2)9(12)6-8/h4-6H,3H2,1-2H3. The van der Waals surface area contributed by atoms with Gasteiger partial charge in [-0.2, -0.15) is 0 Å². The lowest BCUT2D eigenvalue weighted by Gasteiger charge is -2.02. The largest absolute Gasteiger partial charge is 0.460 e. The van der Waals surface area contributed by atoms with Crippen molar-refractivity contribution in [3.05, 3.63) is 28.8 Å². The van der Waals surface area contributed by atoms with E-state index in [4.69, 9.17) is 11.6 Å². The van der Waals surface area contributed by atoms with Gasteiger partial charge in [-0.05, 0) is 43.3 Å². The summed E-state index contributed by atoms with van der Waals surface area (Å²) in [6, 6.07) is 5.19. The second-order valence-electron chi connectivity index (χ2n) is 3.02. The molecule has 86 valence electrons. The van der Waals surface area contributed by atoms with Crippen LogP contribution in [0.25, 0.3) is 0 Å². The number of halogens is 1. The monoisotopic (exact) mass is 258 g/mol. The minimum atomic E-state index is -0.829. The highest BCUT2D eigenvalue weighted by Crippen LogP contribution is 2.25. The van der Waals surface area contributed by atoms with Crippen molar-refractivity contribution in [3.8, 4) is 0 Å². The fourth-order valence-electron chi connectivity index (χ4n) is 0.976. The first-order chi connectivity index (χ1) is 7.54. The molecule has 1 aromatic rings. The molecule has 1 aromatic carbocycles. The molecule has 0 heterocycles. The minimum absolute atomic E-state index is 0.194. The summed E-state index contributed by atoms with van der Waals surface area (Å²) in [6.45, 7) is 3.71. The second-order valence-corrected chi connectivity index (χ2v) is 4.47. The van der Waals surface area contributed by atoms with Gasteiger partial charge in [-0.15, -0.1) is 0 Å². The number of thioether (sulfide) groups is 1. The summed E-state index contributed by atoms with van der Waals surface area (Å²) >= 11 is 6.71. The minimum Gasteiger partial charge on any atom is -0.460 e. The Kier molecular flexibility index (Phi) is 4.83. The SMILES string of the molecule is CCOC(=O)C(=O)Sc1ccc(C)c(Cl)c1. The maximum absolute atomic E-state index is 11.3. The first kappa shape index (κ1) is 13.1. The van der Waals surface area contributed by atoms with Crippen LogP contribution in [0.1, 0.15) is 12.5 Å². The molecule has 0 unspecified atom stereocenters. The topological polar surface area (TPSA) is 43.4 Å². The summed E-state index contributed by atoms with van der Waals surface area (Å²) in [6.07, 6.45) is 0. The van der Waals surface area contributed by atoms with Crippen LogP contribution in [-0.2, 0) is 14.3 Å². The zero-order chi connectivity index (χ0) is 12.1. The third kappa shape index (κ3) is 3.54. The Balaban J connectivity index is 2.70. The van der Waals surface area contributed by atoms with Crippen LogP contribution >= 0.6 is 23.4 Å². The number of esters is 1. The molecule has 0 spiro atoms. The first-order valence-electron chi connectivity index (χ1n) is 4.69. The van der Waals surface area contributed by atoms with E-state index in [2.05, 4.69) is 4.74 Å². The zero-order valence-electron chi connectivity index (χ0n) is 8.95. The molecule has 0 aliphatic heterocycles. The van der Waals surface area contributed by atoms with E-state index < -0.39 is 11.1 Å². The van der Waals surface area contributed by atoms with Gasteiger partial charge in [-0.1, -0.05) is 17.7 Å². The summed E-state index contributed by atoms with van der Waals surface area (Å²) in [5, 5.41) is -0.0663. The summed E-state index contributed by atoms with van der Waals surface area (Å²) in [4.78, 5) is 23.1. The van der Waals surface area contributed by atoms with Crippen LogP contribution in [0.3, 0.4) is 0 Å². The molecule has 0 radical (unpaired) electrons.